The van der Waals surface area contributed by atoms with Gasteiger partial charge in [0.25, 0.3) is 0 Å². The van der Waals surface area contributed by atoms with Crippen molar-refractivity contribution in [2.24, 2.45) is 0 Å². The van der Waals surface area contributed by atoms with Gasteiger partial charge in [-0.3, -0.25) is 23.4 Å². The smallest absolute Gasteiger partial charge is 0.463 e. The maximum Gasteiger partial charge on any atom is 0.472 e. The molecule has 0 radical (unpaired) electrons. The average Bonchev–Trinajstić information content (AvgIpc) is 0.764. The zero-order valence-corrected chi connectivity index (χ0v) is 60.3. The zero-order chi connectivity index (χ0) is 71.1. The summed E-state index contributed by atoms with van der Waals surface area (Å²) >= 11 is 0. The minimum atomic E-state index is -5.70. The number of hydrogen-bond donors (Lipinski definition) is 11. The molecule has 1 aliphatic carbocycles. The van der Waals surface area contributed by atoms with E-state index >= 15 is 0 Å². The van der Waals surface area contributed by atoms with E-state index in [-0.39, 0.29) is 19.3 Å². The van der Waals surface area contributed by atoms with E-state index < -0.39 is 156 Å². The molecule has 1 saturated carbocycles. The van der Waals surface area contributed by atoms with Gasteiger partial charge in [-0.2, -0.15) is 0 Å². The molecule has 25 heteroatoms. The highest BCUT2D eigenvalue weighted by Crippen LogP contribution is 2.49. The van der Waals surface area contributed by atoms with Gasteiger partial charge in [-0.25, -0.2) is 4.57 Å². The molecule has 0 aromatic carbocycles. The highest BCUT2D eigenvalue weighted by molar-refractivity contribution is 7.47. The van der Waals surface area contributed by atoms with E-state index in [1.807, 2.05) is 0 Å². The Kier molecular flexibility index (Phi) is 49.8. The summed E-state index contributed by atoms with van der Waals surface area (Å²) in [6.07, 6.45) is 12.8. The van der Waals surface area contributed by atoms with Crippen LogP contribution in [-0.2, 0) is 61.2 Å². The molecule has 0 aromatic rings. The first kappa shape index (κ1) is 88.9. The number of rotatable bonds is 59. The van der Waals surface area contributed by atoms with Gasteiger partial charge in [0, 0.05) is 19.3 Å². The Morgan fingerprint density at radius 3 is 1.12 bits per heavy atom. The number of phosphoric ester groups is 1. The van der Waals surface area contributed by atoms with Crippen LogP contribution in [0.4, 0.5) is 0 Å². The fourth-order valence-corrected chi connectivity index (χ4v) is 13.5. The van der Waals surface area contributed by atoms with Crippen molar-refractivity contribution in [3.05, 3.63) is 12.2 Å². The average molecular weight is 1410 g/mol. The van der Waals surface area contributed by atoms with Crippen molar-refractivity contribution in [3.63, 3.8) is 0 Å². The number of ether oxygens (including phenoxy) is 7. The maximum absolute atomic E-state index is 14.3. The number of hydrogen-bond acceptors (Lipinski definition) is 23. The summed E-state index contributed by atoms with van der Waals surface area (Å²) in [6.45, 7) is 3.44. The van der Waals surface area contributed by atoms with Crippen LogP contribution in [0, 0.1) is 0 Å². The second-order valence-corrected chi connectivity index (χ2v) is 28.8. The van der Waals surface area contributed by atoms with Crippen LogP contribution < -0.4 is 0 Å². The van der Waals surface area contributed by atoms with E-state index in [4.69, 9.17) is 42.2 Å². The Bertz CT molecular complexity index is 2060. The minimum absolute atomic E-state index is 0.0321. The maximum atomic E-state index is 14.3. The van der Waals surface area contributed by atoms with Gasteiger partial charge in [0.1, 0.15) is 98.7 Å². The summed E-state index contributed by atoms with van der Waals surface area (Å²) in [5, 5.41) is 110. The van der Waals surface area contributed by atoms with E-state index in [2.05, 4.69) is 32.9 Å². The number of esters is 3. The first-order chi connectivity index (χ1) is 46.8. The summed E-state index contributed by atoms with van der Waals surface area (Å²) in [6, 6.07) is 0. The van der Waals surface area contributed by atoms with Crippen molar-refractivity contribution in [1.29, 1.82) is 0 Å². The van der Waals surface area contributed by atoms with Crippen LogP contribution in [0.3, 0.4) is 0 Å². The number of phosphoric acid groups is 1. The molecule has 24 nitrogen and oxygen atoms in total. The normalized spacial score (nSPS) is 27.8. The third-order valence-electron chi connectivity index (χ3n) is 18.8. The van der Waals surface area contributed by atoms with E-state index in [1.54, 1.807) is 0 Å². The lowest BCUT2D eigenvalue weighted by Gasteiger charge is -2.49. The molecule has 0 amide bonds. The van der Waals surface area contributed by atoms with Crippen LogP contribution in [0.15, 0.2) is 12.2 Å². The fourth-order valence-electron chi connectivity index (χ4n) is 12.6. The van der Waals surface area contributed by atoms with Crippen molar-refractivity contribution < 1.29 is 117 Å². The minimum Gasteiger partial charge on any atom is -0.463 e. The Balaban J connectivity index is 1.73. The second-order valence-electron chi connectivity index (χ2n) is 27.4. The van der Waals surface area contributed by atoms with E-state index in [1.165, 1.54) is 141 Å². The first-order valence-corrected chi connectivity index (χ1v) is 39.5. The largest absolute Gasteiger partial charge is 0.472 e. The standard InChI is InChI=1S/C72H133O24P/c1-4-7-10-13-16-19-22-25-27-30-32-35-38-41-44-47-57(75)89-52-55-60(78)62(80)67(85)72(93-55)95-69-65(83)63(81)64(82)68(94-71-66(84)61(79)59(77)54(49-73)92-71)70(69)96-97(86,87)90-51-53(50-88-56(74)46-43-40-37-34-31-28-24-21-18-15-12-9-6-3)91-58(76)48-45-42-39-36-33-29-26-23-20-17-14-11-8-5-2/h29,33,53-55,59-73,77-85H,4-28,30-32,34-52H2,1-3H3,(H,86,87)/b33-29-. The van der Waals surface area contributed by atoms with Crippen LogP contribution in [-0.4, -0.2) is 204 Å². The van der Waals surface area contributed by atoms with Crippen molar-refractivity contribution in [1.82, 2.24) is 0 Å². The van der Waals surface area contributed by atoms with E-state index in [0.29, 0.717) is 25.7 Å². The molecule has 0 aromatic heterocycles. The topological polar surface area (TPSA) is 374 Å². The van der Waals surface area contributed by atoms with Crippen LogP contribution in [0.1, 0.15) is 297 Å². The molecular formula is C72H133O24P. The van der Waals surface area contributed by atoms with Gasteiger partial charge < -0.3 is 89.1 Å². The van der Waals surface area contributed by atoms with Gasteiger partial charge in [0.05, 0.1) is 13.2 Å². The quantitative estimate of drug-likeness (QED) is 0.00886. The van der Waals surface area contributed by atoms with Crippen LogP contribution in [0.5, 0.6) is 0 Å². The molecule has 0 spiro atoms. The zero-order valence-electron chi connectivity index (χ0n) is 59.4. The van der Waals surface area contributed by atoms with Crippen molar-refractivity contribution >= 4 is 25.7 Å². The molecule has 97 heavy (non-hydrogen) atoms. The molecule has 18 atom stereocenters. The molecule has 2 saturated heterocycles. The molecule has 0 bridgehead atoms. The lowest BCUT2D eigenvalue weighted by Crippen LogP contribution is -2.69. The van der Waals surface area contributed by atoms with Crippen LogP contribution >= 0.6 is 7.82 Å². The second kappa shape index (κ2) is 54.4. The predicted octanol–water partition coefficient (Wildman–Crippen LogP) is 10.4. The van der Waals surface area contributed by atoms with E-state index in [0.717, 1.165) is 89.9 Å². The van der Waals surface area contributed by atoms with Gasteiger partial charge in [-0.1, -0.05) is 245 Å². The molecule has 3 fully saturated rings. The number of allylic oxidation sites excluding steroid dienone is 2. The number of aliphatic hydroxyl groups excluding tert-OH is 10. The number of carbonyl (C=O) groups is 3. The summed E-state index contributed by atoms with van der Waals surface area (Å²) in [5.41, 5.74) is 0. The summed E-state index contributed by atoms with van der Waals surface area (Å²) in [7, 11) is -5.70. The monoisotopic (exact) mass is 1410 g/mol. The van der Waals surface area contributed by atoms with Gasteiger partial charge in [-0.15, -0.1) is 0 Å². The molecular weight excluding hydrogens is 1280 g/mol. The third-order valence-corrected chi connectivity index (χ3v) is 19.8. The molecule has 570 valence electrons. The summed E-state index contributed by atoms with van der Waals surface area (Å²) in [4.78, 5) is 51.0. The lowest BCUT2D eigenvalue weighted by molar-refractivity contribution is -0.360. The Labute approximate surface area is 580 Å². The molecule has 11 N–H and O–H groups in total. The van der Waals surface area contributed by atoms with Crippen LogP contribution in [0.25, 0.3) is 0 Å². The Morgan fingerprint density at radius 2 is 0.722 bits per heavy atom. The first-order valence-electron chi connectivity index (χ1n) is 38.0. The third kappa shape index (κ3) is 37.6. The fraction of sp³-hybridized carbons (Fsp3) is 0.931. The van der Waals surface area contributed by atoms with Gasteiger partial charge >= 0.3 is 25.7 Å². The summed E-state index contributed by atoms with van der Waals surface area (Å²) in [5.74, 6) is -2.00. The number of aliphatic hydroxyl groups is 10. The highest BCUT2D eigenvalue weighted by Gasteiger charge is 2.58. The number of carbonyl (C=O) groups excluding carboxylic acids is 3. The Morgan fingerprint density at radius 1 is 0.392 bits per heavy atom. The summed E-state index contributed by atoms with van der Waals surface area (Å²) < 4.78 is 65.0. The molecule has 3 aliphatic rings. The van der Waals surface area contributed by atoms with Crippen LogP contribution in [0.2, 0.25) is 0 Å². The number of unbranched alkanes of at least 4 members (excludes halogenated alkanes) is 36. The van der Waals surface area contributed by atoms with Crippen molar-refractivity contribution in [2.45, 2.75) is 401 Å². The van der Waals surface area contributed by atoms with Crippen molar-refractivity contribution in [3.8, 4) is 0 Å². The van der Waals surface area contributed by atoms with Gasteiger partial charge in [-0.05, 0) is 44.9 Å². The lowest BCUT2D eigenvalue weighted by atomic mass is 9.84. The molecule has 2 aliphatic heterocycles. The van der Waals surface area contributed by atoms with Gasteiger partial charge in [0.2, 0.25) is 0 Å². The molecule has 3 rings (SSSR count). The van der Waals surface area contributed by atoms with E-state index in [9.17, 15) is 74.9 Å². The molecule has 18 unspecified atom stereocenters. The van der Waals surface area contributed by atoms with Gasteiger partial charge in [0.15, 0.2) is 18.7 Å². The Hall–Kier alpha value is -2.30. The SMILES string of the molecule is CCCCCCCCC/C=C\CCCCCC(=O)OC(COC(=O)CCCCCCCCCCCCCCC)COP(=O)(O)OC1C(OC2OC(CO)C(O)C(O)C2O)C(O)C(O)C(O)C1OC1OC(COC(=O)CCCCCCCCCCCCCCCCC)C(O)C(O)C1O. The predicted molar refractivity (Wildman–Crippen MR) is 365 cm³/mol. The highest BCUT2D eigenvalue weighted by atomic mass is 31.2. The van der Waals surface area contributed by atoms with Crippen molar-refractivity contribution in [2.75, 3.05) is 26.4 Å². The molecule has 2 heterocycles.